The minimum Gasteiger partial charge on any atom is -0.508 e. The van der Waals surface area contributed by atoms with Gasteiger partial charge in [-0.3, -0.25) is 0 Å². The Morgan fingerprint density at radius 3 is 2.60 bits per heavy atom. The molecule has 0 heterocycles. The zero-order valence-corrected chi connectivity index (χ0v) is 10.4. The standard InChI is InChI=1S/C12H19NOS/c1-12(2,15-3)9-13-8-10-6-4-5-7-11(10)14/h4-7,13-14H,8-9H2,1-3H3. The third-order valence-corrected chi connectivity index (χ3v) is 3.66. The predicted octanol–water partition coefficient (Wildman–Crippen LogP) is 2.62. The first kappa shape index (κ1) is 12.4. The van der Waals surface area contributed by atoms with E-state index in [0.717, 1.165) is 18.7 Å². The Morgan fingerprint density at radius 2 is 2.00 bits per heavy atom. The minimum atomic E-state index is 0.240. The van der Waals surface area contributed by atoms with Gasteiger partial charge in [0.1, 0.15) is 5.75 Å². The summed E-state index contributed by atoms with van der Waals surface area (Å²) in [6.07, 6.45) is 2.11. The van der Waals surface area contributed by atoms with Crippen molar-refractivity contribution in [2.75, 3.05) is 12.8 Å². The van der Waals surface area contributed by atoms with E-state index in [4.69, 9.17) is 0 Å². The fourth-order valence-electron chi connectivity index (χ4n) is 1.23. The fourth-order valence-corrected chi connectivity index (χ4v) is 1.48. The van der Waals surface area contributed by atoms with Crippen molar-refractivity contribution in [2.24, 2.45) is 0 Å². The van der Waals surface area contributed by atoms with Crippen LogP contribution in [0, 0.1) is 0 Å². The first-order chi connectivity index (χ1) is 7.05. The van der Waals surface area contributed by atoms with Crippen LogP contribution < -0.4 is 5.32 Å². The number of hydrogen-bond acceptors (Lipinski definition) is 3. The van der Waals surface area contributed by atoms with Crippen molar-refractivity contribution in [1.29, 1.82) is 0 Å². The molecular formula is C12H19NOS. The molecule has 0 atom stereocenters. The van der Waals surface area contributed by atoms with Crippen LogP contribution in [0.25, 0.3) is 0 Å². The molecule has 2 nitrogen and oxygen atoms in total. The van der Waals surface area contributed by atoms with Crippen molar-refractivity contribution in [3.8, 4) is 5.75 Å². The third-order valence-electron chi connectivity index (χ3n) is 2.41. The number of thioether (sulfide) groups is 1. The Labute approximate surface area is 96.1 Å². The van der Waals surface area contributed by atoms with Gasteiger partial charge in [0.15, 0.2) is 0 Å². The molecule has 0 saturated carbocycles. The molecule has 1 aromatic rings. The maximum absolute atomic E-state index is 9.55. The number of aromatic hydroxyl groups is 1. The Kier molecular flexibility index (Phi) is 4.48. The summed E-state index contributed by atoms with van der Waals surface area (Å²) in [5, 5.41) is 12.9. The van der Waals surface area contributed by atoms with E-state index in [2.05, 4.69) is 25.4 Å². The van der Waals surface area contributed by atoms with Gasteiger partial charge >= 0.3 is 0 Å². The van der Waals surface area contributed by atoms with Crippen molar-refractivity contribution in [2.45, 2.75) is 25.1 Å². The van der Waals surface area contributed by atoms with Crippen LogP contribution in [0.5, 0.6) is 5.75 Å². The summed E-state index contributed by atoms with van der Waals surface area (Å²) in [6.45, 7) is 6.06. The largest absolute Gasteiger partial charge is 0.508 e. The maximum atomic E-state index is 9.55. The molecule has 3 heteroatoms. The van der Waals surface area contributed by atoms with Crippen LogP contribution in [0.3, 0.4) is 0 Å². The fraction of sp³-hybridized carbons (Fsp3) is 0.500. The highest BCUT2D eigenvalue weighted by Gasteiger charge is 2.14. The van der Waals surface area contributed by atoms with Gasteiger partial charge in [0, 0.05) is 23.4 Å². The van der Waals surface area contributed by atoms with E-state index in [1.807, 2.05) is 30.0 Å². The van der Waals surface area contributed by atoms with Gasteiger partial charge in [-0.05, 0) is 26.2 Å². The number of nitrogens with one attached hydrogen (secondary N) is 1. The van der Waals surface area contributed by atoms with Crippen LogP contribution >= 0.6 is 11.8 Å². The summed E-state index contributed by atoms with van der Waals surface area (Å²) in [5.41, 5.74) is 0.953. The molecule has 0 unspecified atom stereocenters. The van der Waals surface area contributed by atoms with Crippen molar-refractivity contribution in [3.63, 3.8) is 0 Å². The second-order valence-corrected chi connectivity index (χ2v) is 5.71. The zero-order valence-electron chi connectivity index (χ0n) is 9.58. The Morgan fingerprint density at radius 1 is 1.33 bits per heavy atom. The van der Waals surface area contributed by atoms with Gasteiger partial charge in [-0.2, -0.15) is 11.8 Å². The summed E-state index contributed by atoms with van der Waals surface area (Å²) in [5.74, 6) is 0.368. The highest BCUT2D eigenvalue weighted by atomic mass is 32.2. The lowest BCUT2D eigenvalue weighted by Crippen LogP contribution is -2.31. The molecule has 0 spiro atoms. The van der Waals surface area contributed by atoms with E-state index in [1.165, 1.54) is 0 Å². The van der Waals surface area contributed by atoms with E-state index in [1.54, 1.807) is 6.07 Å². The molecule has 0 aromatic heterocycles. The van der Waals surface area contributed by atoms with Gasteiger partial charge < -0.3 is 10.4 Å². The molecule has 2 N–H and O–H groups in total. The maximum Gasteiger partial charge on any atom is 0.120 e. The van der Waals surface area contributed by atoms with Gasteiger partial charge in [-0.15, -0.1) is 0 Å². The highest BCUT2D eigenvalue weighted by Crippen LogP contribution is 2.20. The summed E-state index contributed by atoms with van der Waals surface area (Å²) in [7, 11) is 0. The number of phenols is 1. The molecule has 0 fully saturated rings. The number of benzene rings is 1. The molecule has 0 radical (unpaired) electrons. The summed E-state index contributed by atoms with van der Waals surface area (Å²) in [4.78, 5) is 0. The van der Waals surface area contributed by atoms with Crippen molar-refractivity contribution in [3.05, 3.63) is 29.8 Å². The molecule has 0 saturated heterocycles. The number of para-hydroxylation sites is 1. The SMILES string of the molecule is CSC(C)(C)CNCc1ccccc1O. The topological polar surface area (TPSA) is 32.3 Å². The summed E-state index contributed by atoms with van der Waals surface area (Å²) >= 11 is 1.84. The van der Waals surface area contributed by atoms with Crippen molar-refractivity contribution >= 4 is 11.8 Å². The monoisotopic (exact) mass is 225 g/mol. The third kappa shape index (κ3) is 4.14. The van der Waals surface area contributed by atoms with Crippen LogP contribution in [0.4, 0.5) is 0 Å². The smallest absolute Gasteiger partial charge is 0.120 e. The quantitative estimate of drug-likeness (QED) is 0.808. The molecule has 84 valence electrons. The summed E-state index contributed by atoms with van der Waals surface area (Å²) in [6, 6.07) is 7.44. The Hall–Kier alpha value is -0.670. The Balaban J connectivity index is 2.42. The van der Waals surface area contributed by atoms with E-state index in [0.29, 0.717) is 5.75 Å². The number of hydrogen-bond donors (Lipinski definition) is 2. The lowest BCUT2D eigenvalue weighted by atomic mass is 10.1. The first-order valence-corrected chi connectivity index (χ1v) is 6.30. The average Bonchev–Trinajstić information content (AvgIpc) is 2.21. The molecule has 1 rings (SSSR count). The van der Waals surface area contributed by atoms with Crippen LogP contribution in [-0.2, 0) is 6.54 Å². The van der Waals surface area contributed by atoms with E-state index >= 15 is 0 Å². The lowest BCUT2D eigenvalue weighted by Gasteiger charge is -2.22. The van der Waals surface area contributed by atoms with Crippen LogP contribution in [0.15, 0.2) is 24.3 Å². The molecule has 0 aliphatic heterocycles. The van der Waals surface area contributed by atoms with Crippen molar-refractivity contribution < 1.29 is 5.11 Å². The van der Waals surface area contributed by atoms with Gasteiger partial charge in [0.25, 0.3) is 0 Å². The van der Waals surface area contributed by atoms with Gasteiger partial charge in [0.2, 0.25) is 0 Å². The van der Waals surface area contributed by atoms with Crippen LogP contribution in [-0.4, -0.2) is 22.7 Å². The van der Waals surface area contributed by atoms with Crippen LogP contribution in [0.2, 0.25) is 0 Å². The average molecular weight is 225 g/mol. The second-order valence-electron chi connectivity index (χ2n) is 4.20. The van der Waals surface area contributed by atoms with E-state index in [-0.39, 0.29) is 4.75 Å². The van der Waals surface area contributed by atoms with E-state index < -0.39 is 0 Å². The minimum absolute atomic E-state index is 0.240. The number of rotatable bonds is 5. The van der Waals surface area contributed by atoms with Crippen LogP contribution in [0.1, 0.15) is 19.4 Å². The predicted molar refractivity (Wildman–Crippen MR) is 67.4 cm³/mol. The number of phenolic OH excluding ortho intramolecular Hbond substituents is 1. The molecule has 0 bridgehead atoms. The molecular weight excluding hydrogens is 206 g/mol. The zero-order chi connectivity index (χ0) is 11.3. The molecule has 0 amide bonds. The van der Waals surface area contributed by atoms with Gasteiger partial charge in [-0.25, -0.2) is 0 Å². The first-order valence-electron chi connectivity index (χ1n) is 5.08. The molecule has 15 heavy (non-hydrogen) atoms. The molecule has 0 aliphatic rings. The molecule has 1 aromatic carbocycles. The van der Waals surface area contributed by atoms with Crippen molar-refractivity contribution in [1.82, 2.24) is 5.32 Å². The normalized spacial score (nSPS) is 11.7. The van der Waals surface area contributed by atoms with Gasteiger partial charge in [-0.1, -0.05) is 18.2 Å². The molecule has 0 aliphatic carbocycles. The Bertz CT molecular complexity index is 312. The summed E-state index contributed by atoms with van der Waals surface area (Å²) < 4.78 is 0.240. The van der Waals surface area contributed by atoms with E-state index in [9.17, 15) is 5.11 Å². The lowest BCUT2D eigenvalue weighted by molar-refractivity contribution is 0.463. The van der Waals surface area contributed by atoms with Gasteiger partial charge in [0.05, 0.1) is 0 Å². The second kappa shape index (κ2) is 5.42. The highest BCUT2D eigenvalue weighted by molar-refractivity contribution is 7.99.